The number of nitrogens with zero attached hydrogens (tertiary/aromatic N) is 1. The molecule has 1 aromatic carbocycles. The lowest BCUT2D eigenvalue weighted by Crippen LogP contribution is -2.16. The number of nitrogens with one attached hydrogen (secondary N) is 1. The highest BCUT2D eigenvalue weighted by Gasteiger charge is 2.07. The van der Waals surface area contributed by atoms with E-state index < -0.39 is 0 Å². The third-order valence-electron chi connectivity index (χ3n) is 2.39. The van der Waals surface area contributed by atoms with Crippen molar-refractivity contribution in [1.82, 2.24) is 4.98 Å². The molecule has 0 aliphatic carbocycles. The Morgan fingerprint density at radius 2 is 2.00 bits per heavy atom. The Kier molecular flexibility index (Phi) is 4.34. The third-order valence-corrected chi connectivity index (χ3v) is 2.39. The molecule has 1 heterocycles. The van der Waals surface area contributed by atoms with Gasteiger partial charge in [0.1, 0.15) is 5.75 Å². The third kappa shape index (κ3) is 3.99. The van der Waals surface area contributed by atoms with Gasteiger partial charge in [0.25, 0.3) is 0 Å². The van der Waals surface area contributed by atoms with E-state index in [-0.39, 0.29) is 30.5 Å². The van der Waals surface area contributed by atoms with E-state index >= 15 is 0 Å². The minimum atomic E-state index is -0.259. The summed E-state index contributed by atoms with van der Waals surface area (Å²) in [5, 5.41) is 12.0. The zero-order valence-corrected chi connectivity index (χ0v) is 10.2. The Balaban J connectivity index is 1.78. The fourth-order valence-corrected chi connectivity index (χ4v) is 1.47. The summed E-state index contributed by atoms with van der Waals surface area (Å²) in [4.78, 5) is 15.5. The van der Waals surface area contributed by atoms with Crippen molar-refractivity contribution in [3.8, 4) is 11.5 Å². The first-order valence-electron chi connectivity index (χ1n) is 5.87. The van der Waals surface area contributed by atoms with Gasteiger partial charge in [0.2, 0.25) is 5.91 Å². The van der Waals surface area contributed by atoms with Crippen molar-refractivity contribution in [2.45, 2.75) is 6.42 Å². The minimum absolute atomic E-state index is 0.0557. The molecule has 98 valence electrons. The van der Waals surface area contributed by atoms with E-state index in [1.807, 2.05) is 30.3 Å². The van der Waals surface area contributed by atoms with Gasteiger partial charge in [-0.3, -0.25) is 4.79 Å². The summed E-state index contributed by atoms with van der Waals surface area (Å²) in [5.74, 6) is 0.563. The van der Waals surface area contributed by atoms with E-state index in [0.29, 0.717) is 0 Å². The number of aromatic hydroxyl groups is 1. The number of ether oxygens (including phenoxy) is 1. The molecule has 0 spiro atoms. The maximum Gasteiger partial charge on any atom is 0.229 e. The number of pyridine rings is 1. The number of benzene rings is 1. The molecule has 0 fully saturated rings. The Morgan fingerprint density at radius 3 is 2.74 bits per heavy atom. The van der Waals surface area contributed by atoms with Crippen LogP contribution in [0.25, 0.3) is 0 Å². The molecule has 0 aliphatic rings. The molecule has 0 atom stereocenters. The molecule has 1 amide bonds. The van der Waals surface area contributed by atoms with E-state index in [1.165, 1.54) is 12.3 Å². The summed E-state index contributed by atoms with van der Waals surface area (Å²) in [5.41, 5.74) is 0. The molecule has 5 heteroatoms. The average Bonchev–Trinajstić information content (AvgIpc) is 2.43. The molecule has 0 bridgehead atoms. The van der Waals surface area contributed by atoms with Crippen LogP contribution in [-0.4, -0.2) is 22.6 Å². The molecule has 0 unspecified atom stereocenters. The summed E-state index contributed by atoms with van der Waals surface area (Å²) in [6.07, 6.45) is 1.68. The largest absolute Gasteiger partial charge is 0.504 e. The van der Waals surface area contributed by atoms with Crippen molar-refractivity contribution in [3.05, 3.63) is 48.7 Å². The first-order valence-corrected chi connectivity index (χ1v) is 5.87. The molecule has 0 saturated carbocycles. The van der Waals surface area contributed by atoms with Crippen LogP contribution in [0.1, 0.15) is 6.42 Å². The fraction of sp³-hybridized carbons (Fsp3) is 0.143. The topological polar surface area (TPSA) is 71.5 Å². The Morgan fingerprint density at radius 1 is 1.21 bits per heavy atom. The number of anilines is 1. The van der Waals surface area contributed by atoms with Gasteiger partial charge >= 0.3 is 0 Å². The molecule has 0 saturated heterocycles. The SMILES string of the molecule is O=C(CCOc1ccccc1)Nc1ncccc1O. The van der Waals surface area contributed by atoms with Crippen LogP contribution in [-0.2, 0) is 4.79 Å². The number of aromatic nitrogens is 1. The summed E-state index contributed by atoms with van der Waals surface area (Å²) in [6.45, 7) is 0.267. The van der Waals surface area contributed by atoms with Crippen molar-refractivity contribution >= 4 is 11.7 Å². The molecular weight excluding hydrogens is 244 g/mol. The van der Waals surface area contributed by atoms with Crippen molar-refractivity contribution in [3.63, 3.8) is 0 Å². The monoisotopic (exact) mass is 258 g/mol. The number of hydrogen-bond acceptors (Lipinski definition) is 4. The molecule has 2 aromatic rings. The second-order valence-electron chi connectivity index (χ2n) is 3.83. The van der Waals surface area contributed by atoms with Crippen LogP contribution in [0.4, 0.5) is 5.82 Å². The zero-order valence-electron chi connectivity index (χ0n) is 10.2. The van der Waals surface area contributed by atoms with Gasteiger partial charge in [-0.1, -0.05) is 18.2 Å². The number of rotatable bonds is 5. The van der Waals surface area contributed by atoms with Crippen LogP contribution >= 0.6 is 0 Å². The smallest absolute Gasteiger partial charge is 0.229 e. The molecule has 2 rings (SSSR count). The van der Waals surface area contributed by atoms with Crippen molar-refractivity contribution in [2.24, 2.45) is 0 Å². The van der Waals surface area contributed by atoms with E-state index in [9.17, 15) is 9.90 Å². The number of para-hydroxylation sites is 1. The van der Waals surface area contributed by atoms with Gasteiger partial charge in [0.05, 0.1) is 13.0 Å². The second kappa shape index (κ2) is 6.39. The maximum atomic E-state index is 11.6. The van der Waals surface area contributed by atoms with Crippen LogP contribution < -0.4 is 10.1 Å². The summed E-state index contributed by atoms with van der Waals surface area (Å²) < 4.78 is 5.40. The number of carbonyl (C=O) groups is 1. The van der Waals surface area contributed by atoms with E-state index in [2.05, 4.69) is 10.3 Å². The highest BCUT2D eigenvalue weighted by Crippen LogP contribution is 2.18. The van der Waals surface area contributed by atoms with Crippen LogP contribution in [0.2, 0.25) is 0 Å². The Labute approximate surface area is 110 Å². The van der Waals surface area contributed by atoms with Gasteiger partial charge in [-0.05, 0) is 24.3 Å². The lowest BCUT2D eigenvalue weighted by Gasteiger charge is -2.07. The fourth-order valence-electron chi connectivity index (χ4n) is 1.47. The lowest BCUT2D eigenvalue weighted by molar-refractivity contribution is -0.116. The molecular formula is C14H14N2O3. The van der Waals surface area contributed by atoms with Crippen molar-refractivity contribution < 1.29 is 14.6 Å². The highest BCUT2D eigenvalue weighted by molar-refractivity contribution is 5.91. The predicted molar refractivity (Wildman–Crippen MR) is 71.1 cm³/mol. The van der Waals surface area contributed by atoms with E-state index in [4.69, 9.17) is 4.74 Å². The molecule has 1 aromatic heterocycles. The van der Waals surface area contributed by atoms with Gasteiger partial charge in [-0.25, -0.2) is 4.98 Å². The number of carbonyl (C=O) groups excluding carboxylic acids is 1. The predicted octanol–water partition coefficient (Wildman–Crippen LogP) is 2.19. The molecule has 0 radical (unpaired) electrons. The van der Waals surface area contributed by atoms with Crippen LogP contribution in [0.3, 0.4) is 0 Å². The Hall–Kier alpha value is -2.56. The second-order valence-corrected chi connectivity index (χ2v) is 3.83. The average molecular weight is 258 g/mol. The normalized spacial score (nSPS) is 9.89. The van der Waals surface area contributed by atoms with Crippen LogP contribution in [0.5, 0.6) is 11.5 Å². The first kappa shape index (κ1) is 12.9. The zero-order chi connectivity index (χ0) is 13.5. The first-order chi connectivity index (χ1) is 9.25. The highest BCUT2D eigenvalue weighted by atomic mass is 16.5. The summed E-state index contributed by atoms with van der Waals surface area (Å²) in [6, 6.07) is 12.3. The van der Waals surface area contributed by atoms with Gasteiger partial charge in [-0.15, -0.1) is 0 Å². The van der Waals surface area contributed by atoms with Gasteiger partial charge in [0.15, 0.2) is 11.6 Å². The van der Waals surface area contributed by atoms with Crippen molar-refractivity contribution in [1.29, 1.82) is 0 Å². The quantitative estimate of drug-likeness (QED) is 0.862. The number of hydrogen-bond donors (Lipinski definition) is 2. The van der Waals surface area contributed by atoms with E-state index in [1.54, 1.807) is 6.07 Å². The standard InChI is InChI=1S/C14H14N2O3/c17-12-7-4-9-15-14(12)16-13(18)8-10-19-11-5-2-1-3-6-11/h1-7,9,17H,8,10H2,(H,15,16,18). The molecule has 2 N–H and O–H groups in total. The van der Waals surface area contributed by atoms with Crippen LogP contribution in [0, 0.1) is 0 Å². The van der Waals surface area contributed by atoms with Crippen LogP contribution in [0.15, 0.2) is 48.7 Å². The lowest BCUT2D eigenvalue weighted by atomic mass is 10.3. The molecule has 19 heavy (non-hydrogen) atoms. The maximum absolute atomic E-state index is 11.6. The van der Waals surface area contributed by atoms with Crippen molar-refractivity contribution in [2.75, 3.05) is 11.9 Å². The van der Waals surface area contributed by atoms with Gasteiger partial charge < -0.3 is 15.2 Å². The van der Waals surface area contributed by atoms with E-state index in [0.717, 1.165) is 5.75 Å². The minimum Gasteiger partial charge on any atom is -0.504 e. The number of amides is 1. The van der Waals surface area contributed by atoms with Gasteiger partial charge in [0, 0.05) is 6.20 Å². The summed E-state index contributed by atoms with van der Waals surface area (Å²) in [7, 11) is 0. The molecule has 5 nitrogen and oxygen atoms in total. The van der Waals surface area contributed by atoms with Gasteiger partial charge in [-0.2, -0.15) is 0 Å². The molecule has 0 aliphatic heterocycles. The summed E-state index contributed by atoms with van der Waals surface area (Å²) >= 11 is 0. The Bertz CT molecular complexity index is 543.